The van der Waals surface area contributed by atoms with Crippen molar-refractivity contribution < 1.29 is 5.11 Å². The number of aromatic hydroxyl groups is 1. The monoisotopic (exact) mass is 258 g/mol. The summed E-state index contributed by atoms with van der Waals surface area (Å²) < 4.78 is 1.68. The van der Waals surface area contributed by atoms with Crippen molar-refractivity contribution >= 4 is 0 Å². The predicted octanol–water partition coefficient (Wildman–Crippen LogP) is 2.98. The molecular formula is C15H18N2O2. The molecule has 2 aromatic rings. The van der Waals surface area contributed by atoms with Gasteiger partial charge in [0.15, 0.2) is 0 Å². The SMILES string of the molecule is CCC(CC)n1c(-c2ccccc2)nc(O)cc1=O. The number of hydrogen-bond acceptors (Lipinski definition) is 3. The van der Waals surface area contributed by atoms with Gasteiger partial charge in [0.2, 0.25) is 5.88 Å². The smallest absolute Gasteiger partial charge is 0.257 e. The van der Waals surface area contributed by atoms with Gasteiger partial charge in [0.25, 0.3) is 5.56 Å². The molecule has 2 rings (SSSR count). The fourth-order valence-electron chi connectivity index (χ4n) is 2.28. The van der Waals surface area contributed by atoms with E-state index in [0.29, 0.717) is 5.82 Å². The molecule has 0 spiro atoms. The summed E-state index contributed by atoms with van der Waals surface area (Å²) in [6.07, 6.45) is 1.70. The maximum Gasteiger partial charge on any atom is 0.257 e. The Hall–Kier alpha value is -2.10. The van der Waals surface area contributed by atoms with Gasteiger partial charge in [-0.15, -0.1) is 0 Å². The summed E-state index contributed by atoms with van der Waals surface area (Å²) in [6.45, 7) is 4.09. The summed E-state index contributed by atoms with van der Waals surface area (Å²) in [5.41, 5.74) is 0.627. The molecule has 0 aliphatic rings. The molecule has 0 saturated carbocycles. The second-order valence-corrected chi connectivity index (χ2v) is 4.48. The Morgan fingerprint density at radius 3 is 2.42 bits per heavy atom. The van der Waals surface area contributed by atoms with Gasteiger partial charge in [-0.3, -0.25) is 9.36 Å². The number of aromatic nitrogens is 2. The third-order valence-electron chi connectivity index (χ3n) is 3.28. The van der Waals surface area contributed by atoms with E-state index in [9.17, 15) is 9.90 Å². The molecule has 19 heavy (non-hydrogen) atoms. The minimum Gasteiger partial charge on any atom is -0.493 e. The molecule has 1 N–H and O–H groups in total. The molecule has 1 aromatic carbocycles. The van der Waals surface area contributed by atoms with Crippen LogP contribution in [0.5, 0.6) is 5.88 Å². The number of rotatable bonds is 4. The van der Waals surface area contributed by atoms with E-state index < -0.39 is 0 Å². The Bertz CT molecular complexity index is 601. The standard InChI is InChI=1S/C15H18N2O2/c1-3-12(4-2)17-14(19)10-13(18)16-15(17)11-8-6-5-7-9-11/h5-10,12,18H,3-4H2,1-2H3. The highest BCUT2D eigenvalue weighted by Crippen LogP contribution is 2.23. The minimum absolute atomic E-state index is 0.0933. The van der Waals surface area contributed by atoms with E-state index in [1.54, 1.807) is 4.57 Å². The highest BCUT2D eigenvalue weighted by Gasteiger charge is 2.16. The molecular weight excluding hydrogens is 240 g/mol. The second-order valence-electron chi connectivity index (χ2n) is 4.48. The van der Waals surface area contributed by atoms with Gasteiger partial charge in [-0.05, 0) is 12.8 Å². The first-order valence-corrected chi connectivity index (χ1v) is 6.55. The van der Waals surface area contributed by atoms with E-state index in [1.807, 2.05) is 44.2 Å². The summed E-state index contributed by atoms with van der Waals surface area (Å²) in [5, 5.41) is 9.58. The molecule has 0 amide bonds. The highest BCUT2D eigenvalue weighted by atomic mass is 16.3. The first kappa shape index (κ1) is 13.3. The van der Waals surface area contributed by atoms with Crippen molar-refractivity contribution in [2.24, 2.45) is 0 Å². The molecule has 1 aromatic heterocycles. The van der Waals surface area contributed by atoms with Crippen LogP contribution in [0.4, 0.5) is 0 Å². The van der Waals surface area contributed by atoms with Crippen LogP contribution in [0.3, 0.4) is 0 Å². The van der Waals surface area contributed by atoms with Crippen LogP contribution in [0.2, 0.25) is 0 Å². The van der Waals surface area contributed by atoms with Gasteiger partial charge in [0.05, 0.1) is 6.07 Å². The zero-order valence-corrected chi connectivity index (χ0v) is 11.2. The van der Waals surface area contributed by atoms with E-state index in [0.717, 1.165) is 18.4 Å². The van der Waals surface area contributed by atoms with Gasteiger partial charge in [0, 0.05) is 11.6 Å². The van der Waals surface area contributed by atoms with Crippen LogP contribution < -0.4 is 5.56 Å². The Kier molecular flexibility index (Phi) is 4.00. The molecule has 0 radical (unpaired) electrons. The molecule has 0 bridgehead atoms. The largest absolute Gasteiger partial charge is 0.493 e. The Morgan fingerprint density at radius 1 is 1.21 bits per heavy atom. The van der Waals surface area contributed by atoms with E-state index in [-0.39, 0.29) is 17.5 Å². The lowest BCUT2D eigenvalue weighted by Gasteiger charge is -2.20. The van der Waals surface area contributed by atoms with E-state index in [1.165, 1.54) is 6.07 Å². The number of nitrogens with zero attached hydrogens (tertiary/aromatic N) is 2. The van der Waals surface area contributed by atoms with Gasteiger partial charge in [-0.2, -0.15) is 4.98 Å². The van der Waals surface area contributed by atoms with Crippen LogP contribution in [0.1, 0.15) is 32.7 Å². The number of benzene rings is 1. The molecule has 0 aliphatic heterocycles. The van der Waals surface area contributed by atoms with Gasteiger partial charge in [-0.25, -0.2) is 0 Å². The van der Waals surface area contributed by atoms with Gasteiger partial charge in [0.1, 0.15) is 5.82 Å². The third-order valence-corrected chi connectivity index (χ3v) is 3.28. The average molecular weight is 258 g/mol. The molecule has 0 unspecified atom stereocenters. The molecule has 1 heterocycles. The first-order chi connectivity index (χ1) is 9.17. The Balaban J connectivity index is 2.68. The van der Waals surface area contributed by atoms with Crippen molar-refractivity contribution in [1.29, 1.82) is 0 Å². The zero-order valence-electron chi connectivity index (χ0n) is 11.2. The van der Waals surface area contributed by atoms with Crippen LogP contribution in [0.25, 0.3) is 11.4 Å². The van der Waals surface area contributed by atoms with Crippen molar-refractivity contribution in [2.75, 3.05) is 0 Å². The number of hydrogen-bond donors (Lipinski definition) is 1. The maximum absolute atomic E-state index is 12.2. The van der Waals surface area contributed by atoms with Crippen LogP contribution in [-0.2, 0) is 0 Å². The third kappa shape index (κ3) is 2.67. The van der Waals surface area contributed by atoms with Crippen LogP contribution in [0, 0.1) is 0 Å². The molecule has 0 saturated heterocycles. The van der Waals surface area contributed by atoms with E-state index in [4.69, 9.17) is 0 Å². The van der Waals surface area contributed by atoms with E-state index in [2.05, 4.69) is 4.98 Å². The fourth-order valence-corrected chi connectivity index (χ4v) is 2.28. The lowest BCUT2D eigenvalue weighted by atomic mass is 10.1. The lowest BCUT2D eigenvalue weighted by Crippen LogP contribution is -2.26. The predicted molar refractivity (Wildman–Crippen MR) is 75.2 cm³/mol. The zero-order chi connectivity index (χ0) is 13.8. The van der Waals surface area contributed by atoms with Crippen LogP contribution in [0.15, 0.2) is 41.2 Å². The average Bonchev–Trinajstić information content (AvgIpc) is 2.42. The van der Waals surface area contributed by atoms with Crippen molar-refractivity contribution in [1.82, 2.24) is 9.55 Å². The highest BCUT2D eigenvalue weighted by molar-refractivity contribution is 5.55. The topological polar surface area (TPSA) is 55.1 Å². The first-order valence-electron chi connectivity index (χ1n) is 6.55. The van der Waals surface area contributed by atoms with Gasteiger partial charge in [-0.1, -0.05) is 44.2 Å². The van der Waals surface area contributed by atoms with Crippen LogP contribution in [-0.4, -0.2) is 14.7 Å². The van der Waals surface area contributed by atoms with Crippen LogP contribution >= 0.6 is 0 Å². The summed E-state index contributed by atoms with van der Waals surface area (Å²) in [7, 11) is 0. The van der Waals surface area contributed by atoms with Crippen molar-refractivity contribution in [3.63, 3.8) is 0 Å². The maximum atomic E-state index is 12.2. The molecule has 0 atom stereocenters. The summed E-state index contributed by atoms with van der Waals surface area (Å²) in [6, 6.07) is 10.7. The van der Waals surface area contributed by atoms with Gasteiger partial charge >= 0.3 is 0 Å². The minimum atomic E-state index is -0.231. The second kappa shape index (κ2) is 5.69. The molecule has 0 fully saturated rings. The van der Waals surface area contributed by atoms with E-state index >= 15 is 0 Å². The molecule has 4 heteroatoms. The Morgan fingerprint density at radius 2 is 1.84 bits per heavy atom. The summed E-state index contributed by atoms with van der Waals surface area (Å²) in [5.74, 6) is 0.297. The normalized spacial score (nSPS) is 10.9. The van der Waals surface area contributed by atoms with Crippen molar-refractivity contribution in [3.05, 3.63) is 46.8 Å². The lowest BCUT2D eigenvalue weighted by molar-refractivity contribution is 0.425. The Labute approximate surface area is 112 Å². The summed E-state index contributed by atoms with van der Waals surface area (Å²) >= 11 is 0. The van der Waals surface area contributed by atoms with Crippen molar-refractivity contribution in [3.8, 4) is 17.3 Å². The quantitative estimate of drug-likeness (QED) is 0.917. The molecule has 100 valence electrons. The fraction of sp³-hybridized carbons (Fsp3) is 0.333. The molecule has 0 aliphatic carbocycles. The summed E-state index contributed by atoms with van der Waals surface area (Å²) in [4.78, 5) is 16.3. The van der Waals surface area contributed by atoms with Gasteiger partial charge < -0.3 is 5.11 Å². The molecule has 4 nitrogen and oxygen atoms in total. The van der Waals surface area contributed by atoms with Crippen molar-refractivity contribution in [2.45, 2.75) is 32.7 Å².